The van der Waals surface area contributed by atoms with Gasteiger partial charge in [-0.25, -0.2) is 0 Å². The fourth-order valence-electron chi connectivity index (χ4n) is 0.586. The van der Waals surface area contributed by atoms with Crippen LogP contribution in [0.2, 0.25) is 18.1 Å². The second-order valence-corrected chi connectivity index (χ2v) is 9.83. The van der Waals surface area contributed by atoms with Gasteiger partial charge in [0.1, 0.15) is 6.04 Å². The van der Waals surface area contributed by atoms with Crippen LogP contribution in [0.15, 0.2) is 0 Å². The molecule has 3 N–H and O–H groups in total. The normalized spacial score (nSPS) is 15.3. The van der Waals surface area contributed by atoms with Gasteiger partial charge in [0.2, 0.25) is 0 Å². The smallest absolute Gasteiger partial charge is 0.322 e. The van der Waals surface area contributed by atoms with Gasteiger partial charge >= 0.3 is 5.97 Å². The Morgan fingerprint density at radius 1 is 1.50 bits per heavy atom. The highest BCUT2D eigenvalue weighted by molar-refractivity contribution is 6.74. The first-order valence-electron chi connectivity index (χ1n) is 4.70. The van der Waals surface area contributed by atoms with Gasteiger partial charge in [0, 0.05) is 0 Å². The molecule has 1 atom stereocenters. The minimum absolute atomic E-state index is 0.0885. The van der Waals surface area contributed by atoms with E-state index in [0.29, 0.717) is 0 Å². The van der Waals surface area contributed by atoms with Crippen molar-refractivity contribution in [2.45, 2.75) is 44.9 Å². The molecule has 4 nitrogen and oxygen atoms in total. The van der Waals surface area contributed by atoms with Gasteiger partial charge in [-0.05, 0) is 18.1 Å². The number of carboxylic acid groups (broad SMARTS) is 1. The number of carboxylic acids is 1. The zero-order valence-electron chi connectivity index (χ0n) is 9.63. The minimum Gasteiger partial charge on any atom is -0.480 e. The van der Waals surface area contributed by atoms with E-state index in [4.69, 9.17) is 15.3 Å². The first-order chi connectivity index (χ1) is 6.08. The quantitative estimate of drug-likeness (QED) is 0.701. The van der Waals surface area contributed by atoms with Gasteiger partial charge in [-0.15, -0.1) is 0 Å². The SMILES string of the molecule is CC(C)(C)[Si](C)(C)OC[C@H](N)C(=O)O. The van der Waals surface area contributed by atoms with Crippen LogP contribution < -0.4 is 5.73 Å². The van der Waals surface area contributed by atoms with Crippen LogP contribution in [0.25, 0.3) is 0 Å². The third kappa shape index (κ3) is 3.77. The van der Waals surface area contributed by atoms with Crippen molar-refractivity contribution in [1.29, 1.82) is 0 Å². The first-order valence-corrected chi connectivity index (χ1v) is 7.61. The number of hydrogen-bond acceptors (Lipinski definition) is 3. The molecule has 0 fully saturated rings. The molecule has 84 valence electrons. The number of carbonyl (C=O) groups is 1. The van der Waals surface area contributed by atoms with Gasteiger partial charge in [0.25, 0.3) is 0 Å². The van der Waals surface area contributed by atoms with Crippen molar-refractivity contribution in [3.63, 3.8) is 0 Å². The summed E-state index contributed by atoms with van der Waals surface area (Å²) < 4.78 is 5.65. The van der Waals surface area contributed by atoms with Crippen LogP contribution in [0.1, 0.15) is 20.8 Å². The summed E-state index contributed by atoms with van der Waals surface area (Å²) in [7, 11) is -1.86. The maximum atomic E-state index is 10.5. The van der Waals surface area contributed by atoms with Gasteiger partial charge in [-0.2, -0.15) is 0 Å². The molecule has 0 saturated carbocycles. The van der Waals surface area contributed by atoms with Crippen molar-refractivity contribution >= 4 is 14.3 Å². The number of rotatable bonds is 4. The summed E-state index contributed by atoms with van der Waals surface area (Å²) in [6.45, 7) is 10.6. The number of aliphatic carboxylic acids is 1. The average molecular weight is 219 g/mol. The van der Waals surface area contributed by atoms with Gasteiger partial charge in [0.05, 0.1) is 6.61 Å². The Hall–Kier alpha value is -0.393. The molecular formula is C9H21NO3Si. The summed E-state index contributed by atoms with van der Waals surface area (Å²) in [5.41, 5.74) is 5.36. The second kappa shape index (κ2) is 4.42. The van der Waals surface area contributed by atoms with Crippen LogP contribution in [0, 0.1) is 0 Å². The van der Waals surface area contributed by atoms with Crippen molar-refractivity contribution in [2.75, 3.05) is 6.61 Å². The zero-order valence-corrected chi connectivity index (χ0v) is 10.6. The molecule has 0 aliphatic carbocycles. The number of hydrogen-bond donors (Lipinski definition) is 2. The maximum Gasteiger partial charge on any atom is 0.322 e. The molecule has 0 saturated heterocycles. The molecular weight excluding hydrogens is 198 g/mol. The Morgan fingerprint density at radius 2 is 1.93 bits per heavy atom. The Balaban J connectivity index is 4.20. The molecule has 0 aromatic rings. The molecule has 0 unspecified atom stereocenters. The average Bonchev–Trinajstić information content (AvgIpc) is 1.97. The molecule has 0 amide bonds. The van der Waals surface area contributed by atoms with E-state index in [2.05, 4.69) is 33.9 Å². The topological polar surface area (TPSA) is 72.5 Å². The van der Waals surface area contributed by atoms with Gasteiger partial charge < -0.3 is 15.3 Å². The van der Waals surface area contributed by atoms with E-state index < -0.39 is 20.3 Å². The van der Waals surface area contributed by atoms with Crippen LogP contribution in [-0.4, -0.2) is 32.0 Å². The van der Waals surface area contributed by atoms with Crippen LogP contribution in [-0.2, 0) is 9.22 Å². The van der Waals surface area contributed by atoms with E-state index in [9.17, 15) is 4.79 Å². The third-order valence-electron chi connectivity index (χ3n) is 2.75. The van der Waals surface area contributed by atoms with Crippen LogP contribution in [0.4, 0.5) is 0 Å². The summed E-state index contributed by atoms with van der Waals surface area (Å²) in [5.74, 6) is -1.01. The van der Waals surface area contributed by atoms with Crippen LogP contribution >= 0.6 is 0 Å². The predicted octanol–water partition coefficient (Wildman–Crippen LogP) is 1.42. The highest BCUT2D eigenvalue weighted by Crippen LogP contribution is 2.36. The summed E-state index contributed by atoms with van der Waals surface area (Å²) in [4.78, 5) is 10.5. The maximum absolute atomic E-state index is 10.5. The van der Waals surface area contributed by atoms with E-state index in [-0.39, 0.29) is 11.6 Å². The molecule has 0 spiro atoms. The van der Waals surface area contributed by atoms with Crippen molar-refractivity contribution in [3.05, 3.63) is 0 Å². The van der Waals surface area contributed by atoms with Crippen LogP contribution in [0.5, 0.6) is 0 Å². The van der Waals surface area contributed by atoms with Gasteiger partial charge in [0.15, 0.2) is 8.32 Å². The van der Waals surface area contributed by atoms with Crippen molar-refractivity contribution < 1.29 is 14.3 Å². The molecule has 0 bridgehead atoms. The largest absolute Gasteiger partial charge is 0.480 e. The molecule has 0 aromatic heterocycles. The van der Waals surface area contributed by atoms with Crippen molar-refractivity contribution in [2.24, 2.45) is 5.73 Å². The van der Waals surface area contributed by atoms with E-state index in [0.717, 1.165) is 0 Å². The van der Waals surface area contributed by atoms with E-state index in [1.54, 1.807) is 0 Å². The molecule has 0 radical (unpaired) electrons. The summed E-state index contributed by atoms with van der Waals surface area (Å²) >= 11 is 0. The molecule has 0 rings (SSSR count). The summed E-state index contributed by atoms with van der Waals surface area (Å²) in [6.07, 6.45) is 0. The summed E-state index contributed by atoms with van der Waals surface area (Å²) in [6, 6.07) is -0.913. The minimum atomic E-state index is -1.86. The van der Waals surface area contributed by atoms with Crippen molar-refractivity contribution in [3.8, 4) is 0 Å². The van der Waals surface area contributed by atoms with E-state index >= 15 is 0 Å². The molecule has 0 aromatic carbocycles. The fraction of sp³-hybridized carbons (Fsp3) is 0.889. The lowest BCUT2D eigenvalue weighted by molar-refractivity contribution is -0.139. The van der Waals surface area contributed by atoms with Gasteiger partial charge in [-0.1, -0.05) is 20.8 Å². The Morgan fingerprint density at radius 3 is 2.21 bits per heavy atom. The highest BCUT2D eigenvalue weighted by Gasteiger charge is 2.37. The Labute approximate surface area is 86.6 Å². The second-order valence-electron chi connectivity index (χ2n) is 5.02. The highest BCUT2D eigenvalue weighted by atomic mass is 28.4. The Bertz CT molecular complexity index is 211. The van der Waals surface area contributed by atoms with E-state index in [1.165, 1.54) is 0 Å². The third-order valence-corrected chi connectivity index (χ3v) is 7.25. The van der Waals surface area contributed by atoms with Gasteiger partial charge in [-0.3, -0.25) is 4.79 Å². The number of nitrogens with two attached hydrogens (primary N) is 1. The lowest BCUT2D eigenvalue weighted by Crippen LogP contribution is -2.45. The molecule has 0 heterocycles. The predicted molar refractivity (Wildman–Crippen MR) is 58.8 cm³/mol. The standard InChI is InChI=1S/C9H21NO3Si/c1-9(2,3)14(4,5)13-6-7(10)8(11)12/h7H,6,10H2,1-5H3,(H,11,12)/t7-/m0/s1. The Kier molecular flexibility index (Phi) is 4.29. The summed E-state index contributed by atoms with van der Waals surface area (Å²) in [5, 5.41) is 8.68. The molecule has 5 heteroatoms. The first kappa shape index (κ1) is 13.6. The zero-order chi connectivity index (χ0) is 11.6. The van der Waals surface area contributed by atoms with E-state index in [1.807, 2.05) is 0 Å². The molecule has 0 aliphatic heterocycles. The fourth-order valence-corrected chi connectivity index (χ4v) is 1.62. The molecule has 0 aliphatic rings. The lowest BCUT2D eigenvalue weighted by Gasteiger charge is -2.36. The molecule has 14 heavy (non-hydrogen) atoms. The van der Waals surface area contributed by atoms with Crippen LogP contribution in [0.3, 0.4) is 0 Å². The van der Waals surface area contributed by atoms with Crippen molar-refractivity contribution in [1.82, 2.24) is 0 Å². The lowest BCUT2D eigenvalue weighted by atomic mass is 10.2. The monoisotopic (exact) mass is 219 g/mol.